The number of thioether (sulfide) groups is 1. The van der Waals surface area contributed by atoms with E-state index in [2.05, 4.69) is 24.9 Å². The van der Waals surface area contributed by atoms with Gasteiger partial charge in [-0.3, -0.25) is 4.79 Å². The summed E-state index contributed by atoms with van der Waals surface area (Å²) >= 11 is 1.40. The van der Waals surface area contributed by atoms with Crippen LogP contribution in [-0.2, 0) is 11.2 Å². The summed E-state index contributed by atoms with van der Waals surface area (Å²) in [5.41, 5.74) is 2.23. The minimum absolute atomic E-state index is 0.0700. The summed E-state index contributed by atoms with van der Waals surface area (Å²) in [6.07, 6.45) is 9.86. The Kier molecular flexibility index (Phi) is 6.46. The van der Waals surface area contributed by atoms with E-state index in [1.807, 2.05) is 65.5 Å². The number of rotatable bonds is 5. The Morgan fingerprint density at radius 3 is 2.77 bits per heavy atom. The second kappa shape index (κ2) is 10.1. The minimum atomic E-state index is -1.45. The van der Waals surface area contributed by atoms with Crippen molar-refractivity contribution in [2.75, 3.05) is 5.75 Å². The van der Waals surface area contributed by atoms with Gasteiger partial charge in [0.05, 0.1) is 34.3 Å². The number of pyridine rings is 2. The van der Waals surface area contributed by atoms with Gasteiger partial charge in [-0.15, -0.1) is 0 Å². The maximum absolute atomic E-state index is 13.9. The van der Waals surface area contributed by atoms with Crippen molar-refractivity contribution in [1.82, 2.24) is 19.7 Å². The molecule has 3 aromatic heterocycles. The van der Waals surface area contributed by atoms with Crippen molar-refractivity contribution in [3.8, 4) is 5.82 Å². The van der Waals surface area contributed by atoms with E-state index in [-0.39, 0.29) is 34.7 Å². The van der Waals surface area contributed by atoms with E-state index < -0.39 is 17.1 Å². The predicted molar refractivity (Wildman–Crippen MR) is 171 cm³/mol. The molecule has 7 atom stereocenters. The SMILES string of the molecule is CC12Cc3cnn(-c4ccccn4)c3C=C1CCC1C2[C@@H](O)CC2(C)C1CC[C@]2(O)C(=O)CSc1ccc2ccccc2n1. The van der Waals surface area contributed by atoms with Crippen LogP contribution in [0.1, 0.15) is 57.2 Å². The molecule has 0 saturated heterocycles. The summed E-state index contributed by atoms with van der Waals surface area (Å²) < 4.78 is 1.93. The fraction of sp³-hybridized carbons (Fsp3) is 0.444. The highest BCUT2D eigenvalue weighted by Gasteiger charge is 2.68. The minimum Gasteiger partial charge on any atom is -0.393 e. The first-order chi connectivity index (χ1) is 21.2. The fourth-order valence-corrected chi connectivity index (χ4v) is 10.5. The summed E-state index contributed by atoms with van der Waals surface area (Å²) in [4.78, 5) is 23.1. The summed E-state index contributed by atoms with van der Waals surface area (Å²) in [5.74, 6) is 1.34. The van der Waals surface area contributed by atoms with Crippen molar-refractivity contribution in [1.29, 1.82) is 0 Å². The number of carbonyl (C=O) groups is 1. The topological polar surface area (TPSA) is 101 Å². The molecule has 0 radical (unpaired) electrons. The number of carbonyl (C=O) groups excluding carboxylic acids is 1. The molecule has 5 unspecified atom stereocenters. The zero-order valence-electron chi connectivity index (χ0n) is 25.2. The van der Waals surface area contributed by atoms with Crippen LogP contribution in [0.3, 0.4) is 0 Å². The van der Waals surface area contributed by atoms with E-state index in [0.717, 1.165) is 53.1 Å². The van der Waals surface area contributed by atoms with E-state index in [4.69, 9.17) is 10.1 Å². The summed E-state index contributed by atoms with van der Waals surface area (Å²) in [6.45, 7) is 4.40. The highest BCUT2D eigenvalue weighted by atomic mass is 32.2. The van der Waals surface area contributed by atoms with Gasteiger partial charge in [-0.05, 0) is 97.6 Å². The number of benzene rings is 1. The molecular formula is C36H38N4O3S. The van der Waals surface area contributed by atoms with Gasteiger partial charge >= 0.3 is 0 Å². The normalized spacial score (nSPS) is 34.0. The molecule has 3 saturated carbocycles. The van der Waals surface area contributed by atoms with Crippen molar-refractivity contribution >= 4 is 34.5 Å². The number of hydrogen-bond donors (Lipinski definition) is 2. The number of para-hydroxylation sites is 1. The van der Waals surface area contributed by atoms with Crippen molar-refractivity contribution in [3.05, 3.63) is 83.8 Å². The molecule has 4 aromatic rings. The average molecular weight is 607 g/mol. The second-order valence-electron chi connectivity index (χ2n) is 13.9. The second-order valence-corrected chi connectivity index (χ2v) is 14.9. The van der Waals surface area contributed by atoms with Crippen LogP contribution in [-0.4, -0.2) is 53.2 Å². The predicted octanol–water partition coefficient (Wildman–Crippen LogP) is 6.06. The van der Waals surface area contributed by atoms with Crippen LogP contribution >= 0.6 is 11.8 Å². The molecule has 1 aromatic carbocycles. The van der Waals surface area contributed by atoms with Gasteiger partial charge < -0.3 is 10.2 Å². The molecule has 4 aliphatic carbocycles. The third-order valence-corrected chi connectivity index (χ3v) is 12.8. The highest BCUT2D eigenvalue weighted by Crippen LogP contribution is 2.67. The molecule has 0 spiro atoms. The van der Waals surface area contributed by atoms with Crippen LogP contribution in [0.5, 0.6) is 0 Å². The molecule has 7 nitrogen and oxygen atoms in total. The molecule has 0 aliphatic heterocycles. The van der Waals surface area contributed by atoms with Crippen molar-refractivity contribution in [2.24, 2.45) is 28.6 Å². The molecule has 8 rings (SSSR count). The Morgan fingerprint density at radius 2 is 1.93 bits per heavy atom. The Morgan fingerprint density at radius 1 is 1.09 bits per heavy atom. The zero-order chi connectivity index (χ0) is 30.3. The van der Waals surface area contributed by atoms with Gasteiger partial charge in [-0.1, -0.05) is 61.5 Å². The summed E-state index contributed by atoms with van der Waals surface area (Å²) in [5, 5.41) is 30.7. The Labute approximate surface area is 261 Å². The zero-order valence-corrected chi connectivity index (χ0v) is 26.0. The van der Waals surface area contributed by atoms with Crippen LogP contribution in [0.15, 0.2) is 77.6 Å². The van der Waals surface area contributed by atoms with Gasteiger partial charge in [0.15, 0.2) is 11.6 Å². The highest BCUT2D eigenvalue weighted by molar-refractivity contribution is 7.99. The van der Waals surface area contributed by atoms with Crippen molar-refractivity contribution < 1.29 is 15.0 Å². The van der Waals surface area contributed by atoms with Gasteiger partial charge in [0, 0.05) is 17.0 Å². The van der Waals surface area contributed by atoms with E-state index in [0.29, 0.717) is 12.8 Å². The molecule has 4 aliphatic rings. The van der Waals surface area contributed by atoms with Gasteiger partial charge in [0.25, 0.3) is 0 Å². The molecule has 0 amide bonds. The maximum atomic E-state index is 13.9. The van der Waals surface area contributed by atoms with Gasteiger partial charge in [-0.2, -0.15) is 5.10 Å². The quantitative estimate of drug-likeness (QED) is 0.266. The van der Waals surface area contributed by atoms with Crippen LogP contribution in [0, 0.1) is 28.6 Å². The Balaban J connectivity index is 1.04. The molecular weight excluding hydrogens is 568 g/mol. The lowest BCUT2D eigenvalue weighted by atomic mass is 9.45. The van der Waals surface area contributed by atoms with Crippen LogP contribution in [0.25, 0.3) is 22.8 Å². The number of Topliss-reactive ketones (excluding diaryl/α,β-unsaturated/α-hetero) is 1. The molecule has 8 heteroatoms. The number of ketones is 1. The van der Waals surface area contributed by atoms with Crippen LogP contribution in [0.2, 0.25) is 0 Å². The largest absolute Gasteiger partial charge is 0.393 e. The Hall–Kier alpha value is -3.33. The number of nitrogens with zero attached hydrogens (tertiary/aromatic N) is 4. The molecule has 2 N–H and O–H groups in total. The third kappa shape index (κ3) is 4.03. The first kappa shape index (κ1) is 28.2. The maximum Gasteiger partial charge on any atom is 0.175 e. The first-order valence-electron chi connectivity index (χ1n) is 15.8. The van der Waals surface area contributed by atoms with E-state index in [1.165, 1.54) is 22.9 Å². The van der Waals surface area contributed by atoms with E-state index in [9.17, 15) is 15.0 Å². The van der Waals surface area contributed by atoms with Crippen molar-refractivity contribution in [2.45, 2.75) is 69.1 Å². The Bertz CT molecular complexity index is 1810. The van der Waals surface area contributed by atoms with Gasteiger partial charge in [0.2, 0.25) is 0 Å². The van der Waals surface area contributed by atoms with E-state index >= 15 is 0 Å². The summed E-state index contributed by atoms with van der Waals surface area (Å²) in [7, 11) is 0. The van der Waals surface area contributed by atoms with E-state index in [1.54, 1.807) is 6.20 Å². The lowest BCUT2D eigenvalue weighted by Gasteiger charge is -2.60. The first-order valence-corrected chi connectivity index (χ1v) is 16.8. The van der Waals surface area contributed by atoms with Crippen LogP contribution < -0.4 is 0 Å². The standard InChI is InChI=1S/C36H38N4O3S/c1-34-18-23-20-38-40(31-9-5-6-16-37-31)28(23)17-24(34)11-12-25-26-14-15-36(43,35(26,2)19-29(41)33(25)34)30(42)21-44-32-13-10-22-7-3-4-8-27(22)39-32/h3-10,13,16-17,20,25-26,29,33,41,43H,11-12,14-15,18-19,21H2,1-2H3/t25?,26?,29-,33?,34?,35?,36-/m0/s1. The lowest BCUT2D eigenvalue weighted by molar-refractivity contribution is -0.177. The number of allylic oxidation sites excluding steroid dienone is 1. The molecule has 226 valence electrons. The molecule has 3 heterocycles. The number of fused-ring (bicyclic) bond motifs is 7. The molecule has 3 fully saturated rings. The number of aliphatic hydroxyl groups excluding tert-OH is 1. The number of hydrogen-bond acceptors (Lipinski definition) is 7. The molecule has 0 bridgehead atoms. The summed E-state index contributed by atoms with van der Waals surface area (Å²) in [6, 6.07) is 17.8. The third-order valence-electron chi connectivity index (χ3n) is 11.8. The number of aromatic nitrogens is 4. The van der Waals surface area contributed by atoms with Gasteiger partial charge in [-0.25, -0.2) is 14.6 Å². The number of aliphatic hydroxyl groups is 2. The fourth-order valence-electron chi connectivity index (χ4n) is 9.70. The molecule has 44 heavy (non-hydrogen) atoms. The van der Waals surface area contributed by atoms with Crippen LogP contribution in [0.4, 0.5) is 0 Å². The lowest BCUT2D eigenvalue weighted by Crippen LogP contribution is -2.62. The van der Waals surface area contributed by atoms with Crippen molar-refractivity contribution in [3.63, 3.8) is 0 Å². The van der Waals surface area contributed by atoms with Gasteiger partial charge in [0.1, 0.15) is 5.60 Å². The smallest absolute Gasteiger partial charge is 0.175 e. The monoisotopic (exact) mass is 606 g/mol. The average Bonchev–Trinajstić information content (AvgIpc) is 3.55.